The van der Waals surface area contributed by atoms with Crippen molar-refractivity contribution >= 4 is 32.6 Å². The van der Waals surface area contributed by atoms with Gasteiger partial charge in [-0.1, -0.05) is 117 Å². The van der Waals surface area contributed by atoms with E-state index >= 15 is 0 Å². The molecule has 0 bridgehead atoms. The van der Waals surface area contributed by atoms with Crippen molar-refractivity contribution < 1.29 is 0 Å². The number of benzene rings is 7. The summed E-state index contributed by atoms with van der Waals surface area (Å²) < 4.78 is 2.47. The van der Waals surface area contributed by atoms with E-state index < -0.39 is 0 Å². The first kappa shape index (κ1) is 25.1. The lowest BCUT2D eigenvalue weighted by Crippen LogP contribution is -2.14. The van der Waals surface area contributed by atoms with Gasteiger partial charge in [-0.2, -0.15) is 0 Å². The maximum Gasteiger partial charge on any atom is 0.0547 e. The van der Waals surface area contributed by atoms with Crippen LogP contribution in [0, 0.1) is 0 Å². The molecule has 1 aromatic heterocycles. The molecule has 1 nitrogen and oxygen atoms in total. The van der Waals surface area contributed by atoms with Crippen LogP contribution >= 0.6 is 0 Å². The summed E-state index contributed by atoms with van der Waals surface area (Å²) in [6.45, 7) is 4.72. The quantitative estimate of drug-likeness (QED) is 0.202. The minimum absolute atomic E-state index is 0.0191. The summed E-state index contributed by atoms with van der Waals surface area (Å²) in [5, 5.41) is 5.13. The minimum atomic E-state index is -0.0191. The maximum absolute atomic E-state index is 2.47. The molecule has 0 spiro atoms. The zero-order valence-corrected chi connectivity index (χ0v) is 24.9. The summed E-state index contributed by atoms with van der Waals surface area (Å²) in [5.74, 6) is 0. The minimum Gasteiger partial charge on any atom is -0.309 e. The van der Waals surface area contributed by atoms with Gasteiger partial charge < -0.3 is 4.57 Å². The summed E-state index contributed by atoms with van der Waals surface area (Å²) in [5.41, 5.74) is 14.0. The molecular weight excluding hydrogens is 530 g/mol. The molecule has 44 heavy (non-hydrogen) atoms. The summed E-state index contributed by atoms with van der Waals surface area (Å²) in [6.07, 6.45) is 0. The smallest absolute Gasteiger partial charge is 0.0547 e. The van der Waals surface area contributed by atoms with Gasteiger partial charge in [-0.3, -0.25) is 0 Å². The lowest BCUT2D eigenvalue weighted by atomic mass is 9.82. The highest BCUT2D eigenvalue weighted by atomic mass is 15.0. The second-order valence-electron chi connectivity index (χ2n) is 12.6. The van der Waals surface area contributed by atoms with Crippen LogP contribution in [0.5, 0.6) is 0 Å². The Labute approximate surface area is 257 Å². The molecule has 0 saturated carbocycles. The van der Waals surface area contributed by atoms with E-state index in [1.165, 1.54) is 82.8 Å². The lowest BCUT2D eigenvalue weighted by Gasteiger charge is -2.21. The van der Waals surface area contributed by atoms with Crippen LogP contribution in [0.15, 0.2) is 152 Å². The van der Waals surface area contributed by atoms with Crippen LogP contribution in [0.3, 0.4) is 0 Å². The molecule has 0 amide bonds. The molecule has 1 aliphatic rings. The summed E-state index contributed by atoms with van der Waals surface area (Å²) in [7, 11) is 0. The topological polar surface area (TPSA) is 4.93 Å². The Kier molecular flexibility index (Phi) is 5.31. The Hall–Kier alpha value is -5.40. The number of rotatable bonds is 3. The molecule has 1 heterocycles. The fourth-order valence-electron chi connectivity index (χ4n) is 7.53. The Balaban J connectivity index is 1.35. The molecule has 208 valence electrons. The number of hydrogen-bond acceptors (Lipinski definition) is 0. The molecule has 9 rings (SSSR count). The van der Waals surface area contributed by atoms with Gasteiger partial charge in [-0.05, 0) is 104 Å². The van der Waals surface area contributed by atoms with E-state index in [-0.39, 0.29) is 5.41 Å². The molecule has 7 aromatic carbocycles. The third-order valence-electron chi connectivity index (χ3n) is 9.72. The predicted molar refractivity (Wildman–Crippen MR) is 187 cm³/mol. The van der Waals surface area contributed by atoms with Crippen molar-refractivity contribution in [1.29, 1.82) is 0 Å². The highest BCUT2D eigenvalue weighted by Gasteiger charge is 2.35. The van der Waals surface area contributed by atoms with E-state index in [4.69, 9.17) is 0 Å². The van der Waals surface area contributed by atoms with Crippen molar-refractivity contribution in [2.75, 3.05) is 0 Å². The van der Waals surface area contributed by atoms with Gasteiger partial charge in [0.15, 0.2) is 0 Å². The first-order chi connectivity index (χ1) is 21.6. The standard InChI is InChI=1S/C43H31N/c1-43(2)39-19-11-9-17-35(39)37-24-33-27-42-38(25-32(33)26-40(37)43)36-18-10-12-20-41(36)44(42)34-22-30(28-13-5-3-6-14-28)21-31(23-34)29-15-7-4-8-16-29/h3-27H,1-2H3. The van der Waals surface area contributed by atoms with Gasteiger partial charge in [0.2, 0.25) is 0 Å². The van der Waals surface area contributed by atoms with Crippen LogP contribution in [-0.4, -0.2) is 4.57 Å². The Morgan fingerprint density at radius 3 is 1.75 bits per heavy atom. The highest BCUT2D eigenvalue weighted by molar-refractivity contribution is 6.14. The Morgan fingerprint density at radius 2 is 1.02 bits per heavy atom. The maximum atomic E-state index is 2.47. The SMILES string of the molecule is CC1(C)c2ccccc2-c2cc3cc4c(cc3cc21)c1ccccc1n4-c1cc(-c2ccccc2)cc(-c2ccccc2)c1. The van der Waals surface area contributed by atoms with E-state index in [0.29, 0.717) is 0 Å². The fraction of sp³-hybridized carbons (Fsp3) is 0.0698. The summed E-state index contributed by atoms with van der Waals surface area (Å²) in [4.78, 5) is 0. The van der Waals surface area contributed by atoms with Crippen molar-refractivity contribution in [3.8, 4) is 39.1 Å². The number of para-hydroxylation sites is 1. The second kappa shape index (κ2) is 9.30. The van der Waals surface area contributed by atoms with Crippen LogP contribution in [0.4, 0.5) is 0 Å². The Bertz CT molecular complexity index is 2330. The molecule has 8 aromatic rings. The summed E-state index contributed by atoms with van der Waals surface area (Å²) >= 11 is 0. The first-order valence-electron chi connectivity index (χ1n) is 15.4. The van der Waals surface area contributed by atoms with Crippen LogP contribution in [0.2, 0.25) is 0 Å². The fourth-order valence-corrected chi connectivity index (χ4v) is 7.53. The normalized spacial score (nSPS) is 13.4. The van der Waals surface area contributed by atoms with Crippen LogP contribution in [-0.2, 0) is 5.41 Å². The van der Waals surface area contributed by atoms with Crippen LogP contribution < -0.4 is 0 Å². The molecule has 1 heteroatoms. The van der Waals surface area contributed by atoms with Gasteiger partial charge in [0.25, 0.3) is 0 Å². The number of fused-ring (bicyclic) bond motifs is 7. The molecule has 0 radical (unpaired) electrons. The lowest BCUT2D eigenvalue weighted by molar-refractivity contribution is 0.661. The van der Waals surface area contributed by atoms with E-state index in [1.54, 1.807) is 0 Å². The Morgan fingerprint density at radius 1 is 0.409 bits per heavy atom. The van der Waals surface area contributed by atoms with Gasteiger partial charge >= 0.3 is 0 Å². The molecular formula is C43H31N. The number of aromatic nitrogens is 1. The zero-order valence-electron chi connectivity index (χ0n) is 24.9. The average molecular weight is 562 g/mol. The average Bonchev–Trinajstić information content (AvgIpc) is 3.51. The molecule has 0 fully saturated rings. The number of hydrogen-bond donors (Lipinski definition) is 0. The van der Waals surface area contributed by atoms with Crippen molar-refractivity contribution in [2.45, 2.75) is 19.3 Å². The van der Waals surface area contributed by atoms with Crippen LogP contribution in [0.1, 0.15) is 25.0 Å². The van der Waals surface area contributed by atoms with Gasteiger partial charge in [0, 0.05) is 21.9 Å². The van der Waals surface area contributed by atoms with E-state index in [1.807, 2.05) is 0 Å². The largest absolute Gasteiger partial charge is 0.309 e. The molecule has 0 aliphatic heterocycles. The van der Waals surface area contributed by atoms with Gasteiger partial charge in [0.05, 0.1) is 11.0 Å². The molecule has 0 atom stereocenters. The third kappa shape index (κ3) is 3.66. The van der Waals surface area contributed by atoms with Crippen molar-refractivity contribution in [1.82, 2.24) is 4.57 Å². The van der Waals surface area contributed by atoms with Crippen molar-refractivity contribution in [2.24, 2.45) is 0 Å². The van der Waals surface area contributed by atoms with Crippen molar-refractivity contribution in [3.05, 3.63) is 163 Å². The molecule has 1 aliphatic carbocycles. The summed E-state index contributed by atoms with van der Waals surface area (Å²) in [6, 6.07) is 55.9. The highest BCUT2D eigenvalue weighted by Crippen LogP contribution is 2.50. The predicted octanol–water partition coefficient (Wildman–Crippen LogP) is 11.6. The monoisotopic (exact) mass is 561 g/mol. The first-order valence-corrected chi connectivity index (χ1v) is 15.4. The van der Waals surface area contributed by atoms with E-state index in [2.05, 4.69) is 170 Å². The van der Waals surface area contributed by atoms with Gasteiger partial charge in [-0.25, -0.2) is 0 Å². The van der Waals surface area contributed by atoms with Gasteiger partial charge in [-0.15, -0.1) is 0 Å². The zero-order chi connectivity index (χ0) is 29.4. The van der Waals surface area contributed by atoms with E-state index in [0.717, 1.165) is 0 Å². The second-order valence-corrected chi connectivity index (χ2v) is 12.6. The van der Waals surface area contributed by atoms with Crippen molar-refractivity contribution in [3.63, 3.8) is 0 Å². The molecule has 0 N–H and O–H groups in total. The van der Waals surface area contributed by atoms with Crippen LogP contribution in [0.25, 0.3) is 71.6 Å². The number of nitrogens with zero attached hydrogens (tertiary/aromatic N) is 1. The third-order valence-corrected chi connectivity index (χ3v) is 9.72. The van der Waals surface area contributed by atoms with E-state index in [9.17, 15) is 0 Å². The van der Waals surface area contributed by atoms with Gasteiger partial charge in [0.1, 0.15) is 0 Å². The molecule has 0 saturated heterocycles. The molecule has 0 unspecified atom stereocenters.